The van der Waals surface area contributed by atoms with Crippen molar-refractivity contribution in [1.82, 2.24) is 24.8 Å². The number of piperazine rings is 1. The zero-order valence-corrected chi connectivity index (χ0v) is 17.9. The van der Waals surface area contributed by atoms with E-state index in [9.17, 15) is 8.42 Å². The monoisotopic (exact) mass is 424 g/mol. The molecule has 1 aliphatic rings. The molecule has 0 unspecified atom stereocenters. The van der Waals surface area contributed by atoms with E-state index in [1.165, 1.54) is 10.6 Å². The van der Waals surface area contributed by atoms with Gasteiger partial charge in [0.15, 0.2) is 5.96 Å². The normalized spacial score (nSPS) is 16.4. The number of rotatable bonds is 7. The second-order valence-corrected chi connectivity index (χ2v) is 8.98. The number of hydrogen-bond donors (Lipinski definition) is 1. The summed E-state index contributed by atoms with van der Waals surface area (Å²) in [6.07, 6.45) is 3.19. The maximum Gasteiger partial charge on any atom is 0.220 e. The first-order valence-electron chi connectivity index (χ1n) is 9.65. The van der Waals surface area contributed by atoms with E-state index >= 15 is 0 Å². The molecule has 160 valence electrons. The van der Waals surface area contributed by atoms with Gasteiger partial charge < -0.3 is 19.3 Å². The lowest BCUT2D eigenvalue weighted by atomic mass is 10.1. The highest BCUT2D eigenvalue weighted by molar-refractivity contribution is 7.88. The second kappa shape index (κ2) is 9.40. The van der Waals surface area contributed by atoms with Crippen molar-refractivity contribution >= 4 is 16.0 Å². The summed E-state index contributed by atoms with van der Waals surface area (Å²) in [6, 6.07) is 1.57. The van der Waals surface area contributed by atoms with Crippen molar-refractivity contribution in [2.45, 2.75) is 32.4 Å². The number of sulfonamides is 1. The summed E-state index contributed by atoms with van der Waals surface area (Å²) in [6.45, 7) is 6.65. The standard InChI is InChI=1S/C18H28N6O4S/c1-14-17(15(2)28-21-14)5-4-7-20-18(19-3)23-8-10-24(11-9-23)29(25,26)13-16-6-12-27-22-16/h6,12H,4-5,7-11,13H2,1-3H3,(H,19,20). The van der Waals surface area contributed by atoms with Crippen LogP contribution < -0.4 is 5.32 Å². The van der Waals surface area contributed by atoms with Crippen molar-refractivity contribution in [1.29, 1.82) is 0 Å². The molecule has 1 N–H and O–H groups in total. The number of hydrogen-bond acceptors (Lipinski definition) is 7. The number of nitrogens with one attached hydrogen (secondary N) is 1. The SMILES string of the molecule is CN=C(NCCCc1c(C)noc1C)N1CCN(S(=O)(=O)Cc2ccon2)CC1. The predicted octanol–water partition coefficient (Wildman–Crippen LogP) is 0.935. The van der Waals surface area contributed by atoms with Gasteiger partial charge in [-0.1, -0.05) is 10.3 Å². The Hall–Kier alpha value is -2.40. The van der Waals surface area contributed by atoms with Gasteiger partial charge in [0.25, 0.3) is 0 Å². The van der Waals surface area contributed by atoms with Gasteiger partial charge in [-0.15, -0.1) is 0 Å². The number of nitrogens with zero attached hydrogens (tertiary/aromatic N) is 5. The van der Waals surface area contributed by atoms with E-state index in [1.807, 2.05) is 13.8 Å². The quantitative estimate of drug-likeness (QED) is 0.396. The van der Waals surface area contributed by atoms with Crippen LogP contribution >= 0.6 is 0 Å². The first kappa shape index (κ1) is 21.3. The van der Waals surface area contributed by atoms with E-state index in [4.69, 9.17) is 9.05 Å². The maximum absolute atomic E-state index is 12.5. The van der Waals surface area contributed by atoms with Crippen LogP contribution in [0.3, 0.4) is 0 Å². The fraction of sp³-hybridized carbons (Fsp3) is 0.611. The minimum absolute atomic E-state index is 0.141. The predicted molar refractivity (Wildman–Crippen MR) is 108 cm³/mol. The van der Waals surface area contributed by atoms with Crippen molar-refractivity contribution in [3.8, 4) is 0 Å². The fourth-order valence-electron chi connectivity index (χ4n) is 3.42. The number of aromatic nitrogens is 2. The first-order valence-corrected chi connectivity index (χ1v) is 11.3. The Morgan fingerprint density at radius 2 is 2.00 bits per heavy atom. The third-order valence-corrected chi connectivity index (χ3v) is 6.85. The molecule has 3 heterocycles. The molecular weight excluding hydrogens is 396 g/mol. The Morgan fingerprint density at radius 1 is 1.24 bits per heavy atom. The van der Waals surface area contributed by atoms with Crippen LogP contribution in [0.15, 0.2) is 26.4 Å². The molecule has 1 saturated heterocycles. The van der Waals surface area contributed by atoms with Crippen molar-refractivity contribution < 1.29 is 17.5 Å². The minimum atomic E-state index is -3.41. The summed E-state index contributed by atoms with van der Waals surface area (Å²) in [5.41, 5.74) is 2.52. The lowest BCUT2D eigenvalue weighted by Crippen LogP contribution is -2.54. The zero-order chi connectivity index (χ0) is 20.9. The van der Waals surface area contributed by atoms with Crippen LogP contribution in [-0.4, -0.2) is 73.7 Å². The Balaban J connectivity index is 1.45. The van der Waals surface area contributed by atoms with Crippen LogP contribution in [0.1, 0.15) is 29.1 Å². The molecule has 0 aromatic carbocycles. The van der Waals surface area contributed by atoms with Gasteiger partial charge in [0.1, 0.15) is 17.8 Å². The number of aryl methyl sites for hydroxylation is 2. The van der Waals surface area contributed by atoms with Crippen molar-refractivity contribution in [2.75, 3.05) is 39.8 Å². The van der Waals surface area contributed by atoms with Crippen LogP contribution in [0, 0.1) is 13.8 Å². The van der Waals surface area contributed by atoms with E-state index in [1.54, 1.807) is 13.1 Å². The second-order valence-electron chi connectivity index (χ2n) is 7.01. The Kier molecular flexibility index (Phi) is 6.91. The first-order chi connectivity index (χ1) is 13.9. The van der Waals surface area contributed by atoms with Gasteiger partial charge in [-0.25, -0.2) is 8.42 Å². The molecule has 1 aliphatic heterocycles. The van der Waals surface area contributed by atoms with Crippen molar-refractivity contribution in [2.24, 2.45) is 4.99 Å². The summed E-state index contributed by atoms with van der Waals surface area (Å²) in [7, 11) is -1.67. The number of guanidine groups is 1. The smallest absolute Gasteiger partial charge is 0.220 e. The lowest BCUT2D eigenvalue weighted by molar-refractivity contribution is 0.260. The molecule has 10 nitrogen and oxygen atoms in total. The summed E-state index contributed by atoms with van der Waals surface area (Å²) in [5, 5.41) is 11.0. The summed E-state index contributed by atoms with van der Waals surface area (Å²) in [5.74, 6) is 1.52. The van der Waals surface area contributed by atoms with Crippen molar-refractivity contribution in [3.05, 3.63) is 35.0 Å². The van der Waals surface area contributed by atoms with Gasteiger partial charge in [0.05, 0.1) is 11.4 Å². The average molecular weight is 425 g/mol. The highest BCUT2D eigenvalue weighted by Gasteiger charge is 2.28. The molecule has 0 atom stereocenters. The molecule has 2 aromatic heterocycles. The van der Waals surface area contributed by atoms with E-state index in [-0.39, 0.29) is 5.75 Å². The summed E-state index contributed by atoms with van der Waals surface area (Å²) < 4.78 is 36.5. The minimum Gasteiger partial charge on any atom is -0.364 e. The van der Waals surface area contributed by atoms with Gasteiger partial charge in [-0.3, -0.25) is 4.99 Å². The molecule has 0 spiro atoms. The van der Waals surface area contributed by atoms with Gasteiger partial charge in [-0.05, 0) is 26.7 Å². The van der Waals surface area contributed by atoms with Gasteiger partial charge in [0, 0.05) is 51.4 Å². The molecule has 0 bridgehead atoms. The summed E-state index contributed by atoms with van der Waals surface area (Å²) in [4.78, 5) is 6.42. The highest BCUT2D eigenvalue weighted by atomic mass is 32.2. The molecule has 0 amide bonds. The molecule has 29 heavy (non-hydrogen) atoms. The van der Waals surface area contributed by atoms with Crippen molar-refractivity contribution in [3.63, 3.8) is 0 Å². The summed E-state index contributed by atoms with van der Waals surface area (Å²) >= 11 is 0. The Morgan fingerprint density at radius 3 is 2.59 bits per heavy atom. The Bertz CT molecular complexity index is 895. The van der Waals surface area contributed by atoms with Crippen LogP contribution in [0.5, 0.6) is 0 Å². The average Bonchev–Trinajstić information content (AvgIpc) is 3.32. The molecule has 1 fully saturated rings. The molecule has 0 radical (unpaired) electrons. The van der Waals surface area contributed by atoms with Gasteiger partial charge in [0.2, 0.25) is 10.0 Å². The molecule has 0 saturated carbocycles. The van der Waals surface area contributed by atoms with E-state index in [0.717, 1.165) is 42.4 Å². The Labute approximate surface area is 171 Å². The van der Waals surface area contributed by atoms with Crippen LogP contribution in [0.2, 0.25) is 0 Å². The molecule has 3 rings (SSSR count). The zero-order valence-electron chi connectivity index (χ0n) is 17.1. The lowest BCUT2D eigenvalue weighted by Gasteiger charge is -2.35. The van der Waals surface area contributed by atoms with Crippen LogP contribution in [0.4, 0.5) is 0 Å². The molecule has 0 aliphatic carbocycles. The topological polar surface area (TPSA) is 117 Å². The molecule has 11 heteroatoms. The fourth-order valence-corrected chi connectivity index (χ4v) is 4.85. The van der Waals surface area contributed by atoms with Crippen LogP contribution in [-0.2, 0) is 22.2 Å². The van der Waals surface area contributed by atoms with Gasteiger partial charge in [-0.2, -0.15) is 4.31 Å². The van der Waals surface area contributed by atoms with Gasteiger partial charge >= 0.3 is 0 Å². The third-order valence-electron chi connectivity index (χ3n) is 5.03. The molecule has 2 aromatic rings. The largest absolute Gasteiger partial charge is 0.364 e. The third kappa shape index (κ3) is 5.36. The van der Waals surface area contributed by atoms with E-state index in [2.05, 4.69) is 25.5 Å². The van der Waals surface area contributed by atoms with E-state index in [0.29, 0.717) is 31.9 Å². The maximum atomic E-state index is 12.5. The highest BCUT2D eigenvalue weighted by Crippen LogP contribution is 2.15. The molecular formula is C18H28N6O4S. The number of aliphatic imine (C=N–C) groups is 1. The van der Waals surface area contributed by atoms with Crippen LogP contribution in [0.25, 0.3) is 0 Å². The van der Waals surface area contributed by atoms with E-state index < -0.39 is 10.0 Å².